The van der Waals surface area contributed by atoms with Gasteiger partial charge in [-0.05, 0) is 19.8 Å². The fraction of sp³-hybridized carbons (Fsp3) is 1.00. The Balaban J connectivity index is 2.01. The number of aliphatic hydroxyl groups excluding tert-OH is 1. The molecule has 2 aliphatic rings. The van der Waals surface area contributed by atoms with Gasteiger partial charge in [-0.1, -0.05) is 12.8 Å². The SMILES string of the molecule is CC1(NC2CS(=O)(=O)CC2O)CCCC1. The number of hydrogen-bond donors (Lipinski definition) is 2. The van der Waals surface area contributed by atoms with Crippen molar-refractivity contribution >= 4 is 9.84 Å². The van der Waals surface area contributed by atoms with Crippen LogP contribution in [0.2, 0.25) is 0 Å². The Morgan fingerprint density at radius 3 is 2.33 bits per heavy atom. The molecule has 1 aliphatic carbocycles. The highest BCUT2D eigenvalue weighted by Gasteiger charge is 2.40. The maximum atomic E-state index is 11.3. The summed E-state index contributed by atoms with van der Waals surface area (Å²) in [6.07, 6.45) is 3.82. The molecule has 0 aromatic carbocycles. The van der Waals surface area contributed by atoms with Gasteiger partial charge in [-0.2, -0.15) is 0 Å². The van der Waals surface area contributed by atoms with E-state index in [9.17, 15) is 13.5 Å². The van der Waals surface area contributed by atoms with E-state index in [0.717, 1.165) is 12.8 Å². The van der Waals surface area contributed by atoms with Crippen molar-refractivity contribution in [3.05, 3.63) is 0 Å². The van der Waals surface area contributed by atoms with Gasteiger partial charge in [-0.15, -0.1) is 0 Å². The average Bonchev–Trinajstić information content (AvgIpc) is 2.58. The Bertz CT molecular complexity index is 333. The lowest BCUT2D eigenvalue weighted by Gasteiger charge is -2.30. The quantitative estimate of drug-likeness (QED) is 0.708. The van der Waals surface area contributed by atoms with E-state index >= 15 is 0 Å². The van der Waals surface area contributed by atoms with Crippen molar-refractivity contribution in [2.45, 2.75) is 50.3 Å². The molecule has 0 aromatic rings. The zero-order chi connectivity index (χ0) is 11.1. The maximum Gasteiger partial charge on any atom is 0.154 e. The van der Waals surface area contributed by atoms with Crippen molar-refractivity contribution in [2.24, 2.45) is 0 Å². The summed E-state index contributed by atoms with van der Waals surface area (Å²) in [5.74, 6) is 0.00447. The molecule has 1 saturated heterocycles. The van der Waals surface area contributed by atoms with E-state index in [-0.39, 0.29) is 23.1 Å². The lowest BCUT2D eigenvalue weighted by Crippen LogP contribution is -2.51. The van der Waals surface area contributed by atoms with Gasteiger partial charge in [0, 0.05) is 11.6 Å². The number of hydrogen-bond acceptors (Lipinski definition) is 4. The van der Waals surface area contributed by atoms with Crippen LogP contribution in [0.4, 0.5) is 0 Å². The van der Waals surface area contributed by atoms with Crippen molar-refractivity contribution in [3.8, 4) is 0 Å². The van der Waals surface area contributed by atoms with E-state index in [2.05, 4.69) is 12.2 Å². The third-order valence-corrected chi connectivity index (χ3v) is 5.28. The molecule has 1 heterocycles. The molecule has 0 bridgehead atoms. The molecule has 88 valence electrons. The smallest absolute Gasteiger partial charge is 0.154 e. The Labute approximate surface area is 91.0 Å². The lowest BCUT2D eigenvalue weighted by molar-refractivity contribution is 0.144. The molecule has 2 rings (SSSR count). The van der Waals surface area contributed by atoms with Crippen molar-refractivity contribution < 1.29 is 13.5 Å². The third-order valence-electron chi connectivity index (χ3n) is 3.56. The van der Waals surface area contributed by atoms with Gasteiger partial charge < -0.3 is 10.4 Å². The van der Waals surface area contributed by atoms with Gasteiger partial charge in [-0.3, -0.25) is 0 Å². The van der Waals surface area contributed by atoms with Gasteiger partial charge in [0.15, 0.2) is 9.84 Å². The fourth-order valence-electron chi connectivity index (χ4n) is 2.71. The van der Waals surface area contributed by atoms with Crippen LogP contribution < -0.4 is 5.32 Å². The summed E-state index contributed by atoms with van der Waals surface area (Å²) in [6, 6.07) is -0.266. The van der Waals surface area contributed by atoms with Crippen LogP contribution >= 0.6 is 0 Å². The molecule has 4 nitrogen and oxygen atoms in total. The van der Waals surface area contributed by atoms with Gasteiger partial charge >= 0.3 is 0 Å². The first-order valence-electron chi connectivity index (χ1n) is 5.56. The molecule has 0 aromatic heterocycles. The molecule has 5 heteroatoms. The van der Waals surface area contributed by atoms with Gasteiger partial charge in [0.2, 0.25) is 0 Å². The standard InChI is InChI=1S/C10H19NO3S/c1-10(4-2-3-5-10)11-8-6-15(13,14)7-9(8)12/h8-9,11-12H,2-7H2,1H3. The maximum absolute atomic E-state index is 11.3. The summed E-state index contributed by atoms with van der Waals surface area (Å²) >= 11 is 0. The van der Waals surface area contributed by atoms with Gasteiger partial charge in [0.1, 0.15) is 0 Å². The first-order valence-corrected chi connectivity index (χ1v) is 7.39. The zero-order valence-corrected chi connectivity index (χ0v) is 9.89. The summed E-state index contributed by atoms with van der Waals surface area (Å²) < 4.78 is 22.7. The van der Waals surface area contributed by atoms with Crippen LogP contribution in [-0.2, 0) is 9.84 Å². The molecule has 15 heavy (non-hydrogen) atoms. The normalized spacial score (nSPS) is 38.3. The monoisotopic (exact) mass is 233 g/mol. The minimum absolute atomic E-state index is 0.0332. The molecule has 2 fully saturated rings. The Kier molecular flexibility index (Phi) is 2.81. The predicted octanol–water partition coefficient (Wildman–Crippen LogP) is 0.0666. The summed E-state index contributed by atoms with van der Waals surface area (Å²) in [4.78, 5) is 0. The molecule has 1 saturated carbocycles. The zero-order valence-electron chi connectivity index (χ0n) is 9.07. The summed E-state index contributed by atoms with van der Waals surface area (Å²) in [6.45, 7) is 2.12. The van der Waals surface area contributed by atoms with Crippen molar-refractivity contribution in [1.82, 2.24) is 5.32 Å². The van der Waals surface area contributed by atoms with E-state index in [1.165, 1.54) is 12.8 Å². The van der Waals surface area contributed by atoms with Gasteiger partial charge in [-0.25, -0.2) is 8.42 Å². The van der Waals surface area contributed by atoms with Crippen LogP contribution in [0.15, 0.2) is 0 Å². The minimum atomic E-state index is -3.03. The van der Waals surface area contributed by atoms with Gasteiger partial charge in [0.05, 0.1) is 17.6 Å². The van der Waals surface area contributed by atoms with Crippen LogP contribution in [0, 0.1) is 0 Å². The van der Waals surface area contributed by atoms with Crippen LogP contribution in [0.1, 0.15) is 32.6 Å². The molecule has 2 unspecified atom stereocenters. The van der Waals surface area contributed by atoms with E-state index in [1.54, 1.807) is 0 Å². The van der Waals surface area contributed by atoms with E-state index in [4.69, 9.17) is 0 Å². The average molecular weight is 233 g/mol. The number of nitrogens with one attached hydrogen (secondary N) is 1. The second-order valence-electron chi connectivity index (χ2n) is 5.16. The summed E-state index contributed by atoms with van der Waals surface area (Å²) in [5, 5.41) is 13.0. The highest BCUT2D eigenvalue weighted by molar-refractivity contribution is 7.91. The van der Waals surface area contributed by atoms with Crippen LogP contribution in [0.5, 0.6) is 0 Å². The van der Waals surface area contributed by atoms with Crippen LogP contribution in [0.25, 0.3) is 0 Å². The number of sulfone groups is 1. The topological polar surface area (TPSA) is 66.4 Å². The number of rotatable bonds is 2. The first-order chi connectivity index (χ1) is 6.90. The Morgan fingerprint density at radius 1 is 1.27 bits per heavy atom. The molecule has 0 radical (unpaired) electrons. The molecule has 2 atom stereocenters. The number of aliphatic hydroxyl groups is 1. The molecular weight excluding hydrogens is 214 g/mol. The van der Waals surface area contributed by atoms with Crippen molar-refractivity contribution in [2.75, 3.05) is 11.5 Å². The fourth-order valence-corrected chi connectivity index (χ4v) is 4.46. The van der Waals surface area contributed by atoms with Crippen LogP contribution in [-0.4, -0.2) is 42.7 Å². The highest BCUT2D eigenvalue weighted by Crippen LogP contribution is 2.30. The van der Waals surface area contributed by atoms with E-state index < -0.39 is 15.9 Å². The highest BCUT2D eigenvalue weighted by atomic mass is 32.2. The Morgan fingerprint density at radius 2 is 1.87 bits per heavy atom. The third kappa shape index (κ3) is 2.52. The second-order valence-corrected chi connectivity index (χ2v) is 7.32. The minimum Gasteiger partial charge on any atom is -0.390 e. The van der Waals surface area contributed by atoms with E-state index in [1.807, 2.05) is 0 Å². The van der Waals surface area contributed by atoms with Gasteiger partial charge in [0.25, 0.3) is 0 Å². The largest absolute Gasteiger partial charge is 0.390 e. The van der Waals surface area contributed by atoms with Crippen molar-refractivity contribution in [1.29, 1.82) is 0 Å². The predicted molar refractivity (Wildman–Crippen MR) is 58.5 cm³/mol. The first kappa shape index (κ1) is 11.4. The van der Waals surface area contributed by atoms with Crippen molar-refractivity contribution in [3.63, 3.8) is 0 Å². The lowest BCUT2D eigenvalue weighted by atomic mass is 9.98. The molecule has 0 amide bonds. The molecule has 2 N–H and O–H groups in total. The summed E-state index contributed by atoms with van der Waals surface area (Å²) in [5.41, 5.74) is 0.0332. The molecule has 1 aliphatic heterocycles. The molecule has 0 spiro atoms. The van der Waals surface area contributed by atoms with Crippen LogP contribution in [0.3, 0.4) is 0 Å². The van der Waals surface area contributed by atoms with E-state index in [0.29, 0.717) is 0 Å². The Hall–Kier alpha value is -0.130. The second kappa shape index (κ2) is 3.71. The molecular formula is C10H19NO3S. The summed E-state index contributed by atoms with van der Waals surface area (Å²) in [7, 11) is -3.03.